The zero-order valence-corrected chi connectivity index (χ0v) is 15.6. The molecule has 23 heavy (non-hydrogen) atoms. The average Bonchev–Trinajstić information content (AvgIpc) is 2.43. The summed E-state index contributed by atoms with van der Waals surface area (Å²) in [6.07, 6.45) is 0. The van der Waals surface area contributed by atoms with Crippen molar-refractivity contribution < 1.29 is 13.2 Å². The lowest BCUT2D eigenvalue weighted by atomic mass is 9.81. The van der Waals surface area contributed by atoms with E-state index in [0.717, 1.165) is 0 Å². The standard InChI is InChI=1S/C15H25N3O3S.ClH/c1-11(15(2,3)4)14(19)18-12-6-5-7-13(10-12)22(20,21)17-9-8-16;/h5-7,10-11,17H,8-9,16H2,1-4H3,(H,18,19);1H. The lowest BCUT2D eigenvalue weighted by Gasteiger charge is -2.26. The second kappa shape index (κ2) is 8.63. The van der Waals surface area contributed by atoms with Crippen LogP contribution >= 0.6 is 12.4 Å². The third kappa shape index (κ3) is 6.47. The van der Waals surface area contributed by atoms with Crippen molar-refractivity contribution in [3.05, 3.63) is 24.3 Å². The second-order valence-corrected chi connectivity index (χ2v) is 8.06. The number of carbonyl (C=O) groups excluding carboxylic acids is 1. The zero-order valence-electron chi connectivity index (χ0n) is 13.9. The minimum Gasteiger partial charge on any atom is -0.329 e. The van der Waals surface area contributed by atoms with Crippen LogP contribution in [0.4, 0.5) is 5.69 Å². The summed E-state index contributed by atoms with van der Waals surface area (Å²) in [6.45, 7) is 8.18. The normalized spacial score (nSPS) is 13.1. The third-order valence-corrected chi connectivity index (χ3v) is 5.00. The Kier molecular flexibility index (Phi) is 8.20. The van der Waals surface area contributed by atoms with E-state index >= 15 is 0 Å². The maximum Gasteiger partial charge on any atom is 0.240 e. The molecule has 1 rings (SSSR count). The smallest absolute Gasteiger partial charge is 0.240 e. The highest BCUT2D eigenvalue weighted by Crippen LogP contribution is 2.26. The van der Waals surface area contributed by atoms with Gasteiger partial charge in [0.2, 0.25) is 15.9 Å². The van der Waals surface area contributed by atoms with Gasteiger partial charge in [-0.3, -0.25) is 4.79 Å². The number of rotatable bonds is 6. The first-order valence-corrected chi connectivity index (χ1v) is 8.67. The van der Waals surface area contributed by atoms with Crippen LogP contribution in [0, 0.1) is 11.3 Å². The van der Waals surface area contributed by atoms with Crippen LogP contribution in [0.1, 0.15) is 27.7 Å². The highest BCUT2D eigenvalue weighted by atomic mass is 35.5. The van der Waals surface area contributed by atoms with Gasteiger partial charge in [0.05, 0.1) is 4.90 Å². The molecule has 0 saturated carbocycles. The molecule has 4 N–H and O–H groups in total. The predicted molar refractivity (Wildman–Crippen MR) is 95.2 cm³/mol. The van der Waals surface area contributed by atoms with E-state index in [9.17, 15) is 13.2 Å². The molecule has 1 aromatic carbocycles. The molecule has 0 bridgehead atoms. The average molecular weight is 364 g/mol. The molecule has 1 aromatic rings. The molecule has 1 amide bonds. The number of amides is 1. The van der Waals surface area contributed by atoms with E-state index in [1.807, 2.05) is 27.7 Å². The van der Waals surface area contributed by atoms with Gasteiger partial charge in [0.25, 0.3) is 0 Å². The summed E-state index contributed by atoms with van der Waals surface area (Å²) in [7, 11) is -3.61. The Labute approximate surface area is 144 Å². The second-order valence-electron chi connectivity index (χ2n) is 6.29. The molecule has 0 heterocycles. The Morgan fingerprint density at radius 2 is 1.91 bits per heavy atom. The fourth-order valence-corrected chi connectivity index (χ4v) is 2.75. The molecule has 0 aliphatic heterocycles. The van der Waals surface area contributed by atoms with E-state index in [-0.39, 0.29) is 47.6 Å². The Hall–Kier alpha value is -1.15. The monoisotopic (exact) mass is 363 g/mol. The highest BCUT2D eigenvalue weighted by Gasteiger charge is 2.27. The van der Waals surface area contributed by atoms with Crippen molar-refractivity contribution in [2.45, 2.75) is 32.6 Å². The minimum absolute atomic E-state index is 0. The first-order chi connectivity index (χ1) is 10.1. The van der Waals surface area contributed by atoms with Gasteiger partial charge in [0.15, 0.2) is 0 Å². The van der Waals surface area contributed by atoms with Gasteiger partial charge in [-0.1, -0.05) is 33.8 Å². The largest absolute Gasteiger partial charge is 0.329 e. The molecule has 1 unspecified atom stereocenters. The minimum atomic E-state index is -3.61. The molecular weight excluding hydrogens is 338 g/mol. The van der Waals surface area contributed by atoms with E-state index in [1.165, 1.54) is 12.1 Å². The van der Waals surface area contributed by atoms with Crippen molar-refractivity contribution in [2.24, 2.45) is 17.1 Å². The summed E-state index contributed by atoms with van der Waals surface area (Å²) in [5.74, 6) is -0.347. The number of benzene rings is 1. The van der Waals surface area contributed by atoms with Crippen molar-refractivity contribution in [3.8, 4) is 0 Å². The van der Waals surface area contributed by atoms with Crippen LogP contribution in [-0.2, 0) is 14.8 Å². The summed E-state index contributed by atoms with van der Waals surface area (Å²) in [4.78, 5) is 12.3. The van der Waals surface area contributed by atoms with Crippen LogP contribution < -0.4 is 15.8 Å². The Balaban J connectivity index is 0.00000484. The van der Waals surface area contributed by atoms with Gasteiger partial charge in [0.1, 0.15) is 0 Å². The van der Waals surface area contributed by atoms with Crippen LogP contribution in [0.25, 0.3) is 0 Å². The summed E-state index contributed by atoms with van der Waals surface area (Å²) in [5.41, 5.74) is 5.58. The topological polar surface area (TPSA) is 101 Å². The maximum atomic E-state index is 12.2. The SMILES string of the molecule is CC(C(=O)Nc1cccc(S(=O)(=O)NCCN)c1)C(C)(C)C.Cl. The van der Waals surface area contributed by atoms with E-state index < -0.39 is 10.0 Å². The predicted octanol–water partition coefficient (Wildman–Crippen LogP) is 1.97. The van der Waals surface area contributed by atoms with Crippen LogP contribution in [-0.4, -0.2) is 27.4 Å². The van der Waals surface area contributed by atoms with E-state index in [2.05, 4.69) is 10.0 Å². The fraction of sp³-hybridized carbons (Fsp3) is 0.533. The summed E-state index contributed by atoms with van der Waals surface area (Å²) in [6, 6.07) is 6.16. The zero-order chi connectivity index (χ0) is 17.0. The quantitative estimate of drug-likeness (QED) is 0.719. The highest BCUT2D eigenvalue weighted by molar-refractivity contribution is 7.89. The van der Waals surface area contributed by atoms with Gasteiger partial charge in [0, 0.05) is 24.7 Å². The molecule has 0 aromatic heterocycles. The van der Waals surface area contributed by atoms with Gasteiger partial charge < -0.3 is 11.1 Å². The van der Waals surface area contributed by atoms with E-state index in [0.29, 0.717) is 5.69 Å². The van der Waals surface area contributed by atoms with Crippen molar-refractivity contribution >= 4 is 34.0 Å². The van der Waals surface area contributed by atoms with Crippen LogP contribution in [0.5, 0.6) is 0 Å². The molecule has 0 fully saturated rings. The lowest BCUT2D eigenvalue weighted by molar-refractivity contribution is -0.122. The van der Waals surface area contributed by atoms with Crippen LogP contribution in [0.3, 0.4) is 0 Å². The van der Waals surface area contributed by atoms with Gasteiger partial charge in [-0.2, -0.15) is 0 Å². The fourth-order valence-electron chi connectivity index (χ4n) is 1.66. The van der Waals surface area contributed by atoms with Crippen molar-refractivity contribution in [1.82, 2.24) is 4.72 Å². The first-order valence-electron chi connectivity index (χ1n) is 7.18. The summed E-state index contributed by atoms with van der Waals surface area (Å²) in [5, 5.41) is 2.76. The van der Waals surface area contributed by atoms with Crippen LogP contribution in [0.2, 0.25) is 0 Å². The number of anilines is 1. The Morgan fingerprint density at radius 1 is 1.30 bits per heavy atom. The molecule has 1 atom stereocenters. The molecule has 0 spiro atoms. The van der Waals surface area contributed by atoms with Crippen molar-refractivity contribution in [1.29, 1.82) is 0 Å². The van der Waals surface area contributed by atoms with Gasteiger partial charge in [-0.05, 0) is 23.6 Å². The van der Waals surface area contributed by atoms with Crippen molar-refractivity contribution in [2.75, 3.05) is 18.4 Å². The van der Waals surface area contributed by atoms with Gasteiger partial charge >= 0.3 is 0 Å². The Morgan fingerprint density at radius 3 is 2.43 bits per heavy atom. The molecule has 0 saturated heterocycles. The third-order valence-electron chi connectivity index (χ3n) is 3.54. The first kappa shape index (κ1) is 21.9. The molecule has 0 aliphatic carbocycles. The number of sulfonamides is 1. The number of halogens is 1. The lowest BCUT2D eigenvalue weighted by Crippen LogP contribution is -2.31. The molecule has 0 radical (unpaired) electrons. The maximum absolute atomic E-state index is 12.2. The number of nitrogens with two attached hydrogens (primary N) is 1. The molecule has 0 aliphatic rings. The number of carbonyl (C=O) groups is 1. The van der Waals surface area contributed by atoms with E-state index in [4.69, 9.17) is 5.73 Å². The van der Waals surface area contributed by atoms with Crippen LogP contribution in [0.15, 0.2) is 29.2 Å². The van der Waals surface area contributed by atoms with E-state index in [1.54, 1.807) is 12.1 Å². The number of hydrogen-bond acceptors (Lipinski definition) is 4. The van der Waals surface area contributed by atoms with Gasteiger partial charge in [-0.25, -0.2) is 13.1 Å². The molecule has 6 nitrogen and oxygen atoms in total. The summed E-state index contributed by atoms with van der Waals surface area (Å²) < 4.78 is 26.5. The Bertz CT molecular complexity index is 627. The number of hydrogen-bond donors (Lipinski definition) is 3. The number of nitrogens with one attached hydrogen (secondary N) is 2. The van der Waals surface area contributed by atoms with Gasteiger partial charge in [-0.15, -0.1) is 12.4 Å². The summed E-state index contributed by atoms with van der Waals surface area (Å²) >= 11 is 0. The molecule has 132 valence electrons. The molecular formula is C15H26ClN3O3S. The van der Waals surface area contributed by atoms with Crippen molar-refractivity contribution in [3.63, 3.8) is 0 Å². The molecule has 8 heteroatoms.